The van der Waals surface area contributed by atoms with E-state index in [2.05, 4.69) is 20.5 Å². The van der Waals surface area contributed by atoms with E-state index in [0.29, 0.717) is 22.8 Å². The Bertz CT molecular complexity index is 1010. The molecule has 8 heteroatoms. The normalized spacial score (nSPS) is 11.5. The maximum absolute atomic E-state index is 11.9. The molecule has 3 aromatic heterocycles. The number of carbonyl (C=O) groups excluding carboxylic acids is 1. The number of hydrogen-bond donors (Lipinski definition) is 2. The Labute approximate surface area is 118 Å². The Hall–Kier alpha value is -3.00. The number of rotatable bonds is 1. The van der Waals surface area contributed by atoms with Crippen molar-refractivity contribution in [2.24, 2.45) is 5.84 Å². The summed E-state index contributed by atoms with van der Waals surface area (Å²) >= 11 is 0. The van der Waals surface area contributed by atoms with Gasteiger partial charge in [0.2, 0.25) is 5.78 Å². The molecule has 0 bridgehead atoms. The first-order chi connectivity index (χ1) is 10.2. The molecule has 21 heavy (non-hydrogen) atoms. The molecule has 3 heterocycles. The zero-order valence-electron chi connectivity index (χ0n) is 11.1. The van der Waals surface area contributed by atoms with Gasteiger partial charge in [-0.2, -0.15) is 4.52 Å². The third kappa shape index (κ3) is 1.47. The number of amides is 1. The largest absolute Gasteiger partial charge is 0.289 e. The van der Waals surface area contributed by atoms with Crippen molar-refractivity contribution in [3.63, 3.8) is 0 Å². The predicted octanol–water partition coefficient (Wildman–Crippen LogP) is 0.442. The van der Waals surface area contributed by atoms with Crippen LogP contribution < -0.4 is 11.3 Å². The molecular weight excluding hydrogens is 270 g/mol. The van der Waals surface area contributed by atoms with Crippen LogP contribution in [0.1, 0.15) is 16.2 Å². The Morgan fingerprint density at radius 1 is 1.33 bits per heavy atom. The highest BCUT2D eigenvalue weighted by Crippen LogP contribution is 2.20. The molecule has 0 fully saturated rings. The van der Waals surface area contributed by atoms with Gasteiger partial charge in [-0.15, -0.1) is 5.10 Å². The van der Waals surface area contributed by atoms with E-state index in [-0.39, 0.29) is 0 Å². The average Bonchev–Trinajstić information content (AvgIpc) is 3.01. The minimum Gasteiger partial charge on any atom is -0.289 e. The molecule has 104 valence electrons. The molecule has 3 N–H and O–H groups in total. The van der Waals surface area contributed by atoms with E-state index in [1.807, 2.05) is 24.3 Å². The highest BCUT2D eigenvalue weighted by molar-refractivity contribution is 5.95. The van der Waals surface area contributed by atoms with Crippen molar-refractivity contribution in [2.45, 2.75) is 6.92 Å². The van der Waals surface area contributed by atoms with Crippen molar-refractivity contribution >= 4 is 28.2 Å². The highest BCUT2D eigenvalue weighted by atomic mass is 16.2. The molecule has 1 aromatic carbocycles. The summed E-state index contributed by atoms with van der Waals surface area (Å²) in [5.41, 5.74) is 4.52. The van der Waals surface area contributed by atoms with Gasteiger partial charge in [0.15, 0.2) is 11.3 Å². The number of aryl methyl sites for hydroxylation is 1. The standard InChI is InChI=1S/C13H11N7O/c1-7-10(12(21)17-14)20-13(16-7)19-6-15-9-5-3-2-4-8(9)11(19)18-20/h2-6H,14H2,1H3,(H,17,21). The number of benzene rings is 1. The lowest BCUT2D eigenvalue weighted by molar-refractivity contribution is 0.0946. The Morgan fingerprint density at radius 2 is 2.14 bits per heavy atom. The molecule has 4 rings (SSSR count). The van der Waals surface area contributed by atoms with Crippen LogP contribution >= 0.6 is 0 Å². The second kappa shape index (κ2) is 4.00. The number of hydrazine groups is 1. The van der Waals surface area contributed by atoms with Crippen molar-refractivity contribution < 1.29 is 4.79 Å². The third-order valence-electron chi connectivity index (χ3n) is 3.45. The van der Waals surface area contributed by atoms with Gasteiger partial charge in [0, 0.05) is 5.39 Å². The van der Waals surface area contributed by atoms with E-state index in [9.17, 15) is 4.79 Å². The Balaban J connectivity index is 2.18. The molecule has 4 aromatic rings. The van der Waals surface area contributed by atoms with Crippen molar-refractivity contribution in [1.82, 2.24) is 29.4 Å². The van der Waals surface area contributed by atoms with Crippen LogP contribution in [-0.4, -0.2) is 29.9 Å². The van der Waals surface area contributed by atoms with E-state index in [4.69, 9.17) is 5.84 Å². The molecule has 0 aliphatic rings. The summed E-state index contributed by atoms with van der Waals surface area (Å²) in [7, 11) is 0. The fraction of sp³-hybridized carbons (Fsp3) is 0.0769. The summed E-state index contributed by atoms with van der Waals surface area (Å²) in [6.07, 6.45) is 1.65. The molecule has 1 amide bonds. The zero-order chi connectivity index (χ0) is 14.6. The summed E-state index contributed by atoms with van der Waals surface area (Å²) in [6, 6.07) is 7.67. The molecule has 0 aliphatic heterocycles. The van der Waals surface area contributed by atoms with Gasteiger partial charge in [-0.25, -0.2) is 15.8 Å². The highest BCUT2D eigenvalue weighted by Gasteiger charge is 2.20. The van der Waals surface area contributed by atoms with E-state index in [1.54, 1.807) is 17.7 Å². The SMILES string of the molecule is Cc1nc2n(nc3c4ccccc4ncn32)c1C(=O)NN. The number of nitrogens with zero attached hydrogens (tertiary/aromatic N) is 5. The summed E-state index contributed by atoms with van der Waals surface area (Å²) in [6.45, 7) is 1.74. The van der Waals surface area contributed by atoms with Gasteiger partial charge in [-0.3, -0.25) is 14.6 Å². The minimum absolute atomic E-state index is 0.320. The zero-order valence-corrected chi connectivity index (χ0v) is 11.1. The molecule has 0 aliphatic carbocycles. The second-order valence-corrected chi connectivity index (χ2v) is 4.69. The van der Waals surface area contributed by atoms with Crippen LogP contribution in [0.15, 0.2) is 30.6 Å². The topological polar surface area (TPSA) is 103 Å². The molecule has 0 atom stereocenters. The molecule has 0 spiro atoms. The molecule has 0 radical (unpaired) electrons. The Kier molecular flexibility index (Phi) is 2.24. The lowest BCUT2D eigenvalue weighted by Crippen LogP contribution is -2.31. The number of hydrogen-bond acceptors (Lipinski definition) is 5. The van der Waals surface area contributed by atoms with Crippen molar-refractivity contribution in [1.29, 1.82) is 0 Å². The van der Waals surface area contributed by atoms with Gasteiger partial charge in [-0.05, 0) is 19.1 Å². The summed E-state index contributed by atoms with van der Waals surface area (Å²) in [5, 5.41) is 5.38. The average molecular weight is 281 g/mol. The van der Waals surface area contributed by atoms with Gasteiger partial charge < -0.3 is 0 Å². The lowest BCUT2D eigenvalue weighted by atomic mass is 10.2. The van der Waals surface area contributed by atoms with Gasteiger partial charge >= 0.3 is 0 Å². The summed E-state index contributed by atoms with van der Waals surface area (Å²) in [5.74, 6) is 5.32. The van der Waals surface area contributed by atoms with E-state index in [0.717, 1.165) is 10.9 Å². The number of nitrogens with one attached hydrogen (secondary N) is 1. The summed E-state index contributed by atoms with van der Waals surface area (Å²) < 4.78 is 3.24. The van der Waals surface area contributed by atoms with E-state index >= 15 is 0 Å². The fourth-order valence-electron chi connectivity index (χ4n) is 2.51. The summed E-state index contributed by atoms with van der Waals surface area (Å²) in [4.78, 5) is 20.7. The van der Waals surface area contributed by atoms with Crippen LogP contribution in [0.4, 0.5) is 0 Å². The van der Waals surface area contributed by atoms with Gasteiger partial charge in [-0.1, -0.05) is 12.1 Å². The van der Waals surface area contributed by atoms with Crippen LogP contribution in [0, 0.1) is 6.92 Å². The maximum Gasteiger partial charge on any atom is 0.285 e. The van der Waals surface area contributed by atoms with E-state index < -0.39 is 5.91 Å². The van der Waals surface area contributed by atoms with E-state index in [1.165, 1.54) is 4.52 Å². The molecular formula is C13H11N7O. The molecule has 0 saturated carbocycles. The lowest BCUT2D eigenvalue weighted by Gasteiger charge is -1.98. The Morgan fingerprint density at radius 3 is 2.95 bits per heavy atom. The number of fused-ring (bicyclic) bond motifs is 5. The van der Waals surface area contributed by atoms with Crippen molar-refractivity contribution in [3.05, 3.63) is 42.0 Å². The molecule has 0 unspecified atom stereocenters. The minimum atomic E-state index is -0.430. The number of nitrogen functional groups attached to an aromatic ring is 1. The number of aromatic nitrogens is 5. The van der Waals surface area contributed by atoms with Crippen molar-refractivity contribution in [3.8, 4) is 0 Å². The quantitative estimate of drug-likeness (QED) is 0.299. The number of carbonyl (C=O) groups is 1. The number of imidazole rings is 1. The van der Waals surface area contributed by atoms with Gasteiger partial charge in [0.05, 0.1) is 11.2 Å². The number of nitrogens with two attached hydrogens (primary N) is 1. The van der Waals surface area contributed by atoms with Gasteiger partial charge in [0.1, 0.15) is 6.33 Å². The first-order valence-corrected chi connectivity index (χ1v) is 6.33. The van der Waals surface area contributed by atoms with Crippen LogP contribution in [0.3, 0.4) is 0 Å². The fourth-order valence-corrected chi connectivity index (χ4v) is 2.51. The maximum atomic E-state index is 11.9. The first kappa shape index (κ1) is 11.8. The molecule has 0 saturated heterocycles. The smallest absolute Gasteiger partial charge is 0.285 e. The van der Waals surface area contributed by atoms with Crippen LogP contribution in [0.5, 0.6) is 0 Å². The number of para-hydroxylation sites is 1. The van der Waals surface area contributed by atoms with Crippen LogP contribution in [0.2, 0.25) is 0 Å². The second-order valence-electron chi connectivity index (χ2n) is 4.69. The predicted molar refractivity (Wildman–Crippen MR) is 75.6 cm³/mol. The monoisotopic (exact) mass is 281 g/mol. The molecule has 8 nitrogen and oxygen atoms in total. The van der Waals surface area contributed by atoms with Crippen molar-refractivity contribution in [2.75, 3.05) is 0 Å². The van der Waals surface area contributed by atoms with Gasteiger partial charge in [0.25, 0.3) is 5.91 Å². The van der Waals surface area contributed by atoms with Crippen LogP contribution in [-0.2, 0) is 0 Å². The van der Waals surface area contributed by atoms with Crippen LogP contribution in [0.25, 0.3) is 22.3 Å². The third-order valence-corrected chi connectivity index (χ3v) is 3.45. The first-order valence-electron chi connectivity index (χ1n) is 6.33.